The van der Waals surface area contributed by atoms with Crippen LogP contribution in [0, 0.1) is 11.3 Å². The van der Waals surface area contributed by atoms with Gasteiger partial charge >= 0.3 is 0 Å². The lowest BCUT2D eigenvalue weighted by molar-refractivity contribution is -0.142. The van der Waals surface area contributed by atoms with Crippen LogP contribution in [0.15, 0.2) is 12.5 Å². The molecule has 3 aliphatic rings. The molecule has 5 nitrogen and oxygen atoms in total. The van der Waals surface area contributed by atoms with E-state index in [4.69, 9.17) is 0 Å². The Labute approximate surface area is 164 Å². The molecule has 0 bridgehead atoms. The quantitative estimate of drug-likeness (QED) is 0.792. The Bertz CT molecular complexity index is 638. The number of rotatable bonds is 5. The lowest BCUT2D eigenvalue weighted by Gasteiger charge is -2.49. The summed E-state index contributed by atoms with van der Waals surface area (Å²) in [5.74, 6) is 1.07. The molecule has 150 valence electrons. The van der Waals surface area contributed by atoms with Gasteiger partial charge in [-0.25, -0.2) is 4.98 Å². The van der Waals surface area contributed by atoms with Crippen LogP contribution in [0.2, 0.25) is 0 Å². The summed E-state index contributed by atoms with van der Waals surface area (Å²) in [6.45, 7) is 9.90. The Balaban J connectivity index is 1.34. The molecule has 0 N–H and O–H groups in total. The molecule has 1 saturated carbocycles. The first-order valence-electron chi connectivity index (χ1n) is 11.1. The van der Waals surface area contributed by atoms with Gasteiger partial charge in [-0.1, -0.05) is 26.7 Å². The Morgan fingerprint density at radius 3 is 2.63 bits per heavy atom. The highest BCUT2D eigenvalue weighted by atomic mass is 16.2. The van der Waals surface area contributed by atoms with Gasteiger partial charge in [-0.3, -0.25) is 9.69 Å². The molecule has 1 aromatic rings. The number of hydrogen-bond acceptors (Lipinski definition) is 3. The van der Waals surface area contributed by atoms with Crippen molar-refractivity contribution in [1.29, 1.82) is 0 Å². The van der Waals surface area contributed by atoms with Crippen LogP contribution in [0.4, 0.5) is 0 Å². The Morgan fingerprint density at radius 1 is 1.19 bits per heavy atom. The Morgan fingerprint density at radius 2 is 1.93 bits per heavy atom. The van der Waals surface area contributed by atoms with Crippen molar-refractivity contribution in [3.05, 3.63) is 18.2 Å². The molecule has 3 heterocycles. The van der Waals surface area contributed by atoms with Gasteiger partial charge in [0.15, 0.2) is 0 Å². The summed E-state index contributed by atoms with van der Waals surface area (Å²) < 4.78 is 2.32. The van der Waals surface area contributed by atoms with Crippen LogP contribution in [0.25, 0.3) is 0 Å². The van der Waals surface area contributed by atoms with Crippen molar-refractivity contribution in [2.75, 3.05) is 19.6 Å². The van der Waals surface area contributed by atoms with E-state index in [0.29, 0.717) is 23.3 Å². The van der Waals surface area contributed by atoms with Gasteiger partial charge in [0.1, 0.15) is 0 Å². The van der Waals surface area contributed by atoms with E-state index < -0.39 is 0 Å². The van der Waals surface area contributed by atoms with Gasteiger partial charge in [0.05, 0.1) is 12.0 Å². The molecule has 2 saturated heterocycles. The number of carbonyl (C=O) groups excluding carboxylic acids is 1. The number of piperidine rings is 2. The van der Waals surface area contributed by atoms with Crippen molar-refractivity contribution >= 4 is 5.91 Å². The normalized spacial score (nSPS) is 24.4. The van der Waals surface area contributed by atoms with Crippen LogP contribution in [0.5, 0.6) is 0 Å². The zero-order valence-electron chi connectivity index (χ0n) is 17.2. The molecule has 3 fully saturated rings. The molecule has 1 spiro atoms. The van der Waals surface area contributed by atoms with E-state index in [-0.39, 0.29) is 0 Å². The van der Waals surface area contributed by atoms with Crippen LogP contribution in [0.1, 0.15) is 70.9 Å². The summed E-state index contributed by atoms with van der Waals surface area (Å²) in [5, 5.41) is 0. The molecule has 0 unspecified atom stereocenters. The summed E-state index contributed by atoms with van der Waals surface area (Å²) in [6.07, 6.45) is 13.4. The highest BCUT2D eigenvalue weighted by molar-refractivity contribution is 5.77. The maximum absolute atomic E-state index is 12.5. The topological polar surface area (TPSA) is 41.4 Å². The highest BCUT2D eigenvalue weighted by Gasteiger charge is 2.43. The summed E-state index contributed by atoms with van der Waals surface area (Å²) in [4.78, 5) is 21.8. The third-order valence-corrected chi connectivity index (χ3v) is 7.12. The second-order valence-corrected chi connectivity index (χ2v) is 9.67. The van der Waals surface area contributed by atoms with Crippen molar-refractivity contribution in [3.8, 4) is 0 Å². The first-order chi connectivity index (χ1) is 13.0. The Hall–Kier alpha value is -1.36. The molecule has 0 radical (unpaired) electrons. The average Bonchev–Trinajstić information content (AvgIpc) is 3.32. The van der Waals surface area contributed by atoms with Crippen molar-refractivity contribution < 1.29 is 4.79 Å². The van der Waals surface area contributed by atoms with E-state index in [1.165, 1.54) is 44.2 Å². The van der Waals surface area contributed by atoms with Gasteiger partial charge in [0.2, 0.25) is 5.91 Å². The van der Waals surface area contributed by atoms with E-state index in [0.717, 1.165) is 45.6 Å². The number of nitrogens with zero attached hydrogens (tertiary/aromatic N) is 4. The van der Waals surface area contributed by atoms with Gasteiger partial charge in [0, 0.05) is 38.3 Å². The first kappa shape index (κ1) is 19.0. The standard InChI is InChI=1S/C22H36N4O/c1-18(2)14-25-17-23-13-20(25)15-24-11-9-22(10-12-24)8-7-21(27)26(16-22)19-5-3-4-6-19/h13,17-19H,3-12,14-16H2,1-2H3. The molecule has 0 atom stereocenters. The minimum Gasteiger partial charge on any atom is -0.339 e. The molecule has 1 amide bonds. The summed E-state index contributed by atoms with van der Waals surface area (Å²) in [6, 6.07) is 0.540. The molecular weight excluding hydrogens is 336 g/mol. The van der Waals surface area contributed by atoms with Crippen molar-refractivity contribution in [2.45, 2.75) is 84.3 Å². The average molecular weight is 373 g/mol. The van der Waals surface area contributed by atoms with Crippen molar-refractivity contribution in [3.63, 3.8) is 0 Å². The molecule has 1 aromatic heterocycles. The van der Waals surface area contributed by atoms with Gasteiger partial charge in [-0.2, -0.15) is 0 Å². The second kappa shape index (κ2) is 7.94. The summed E-state index contributed by atoms with van der Waals surface area (Å²) in [5.41, 5.74) is 1.72. The van der Waals surface area contributed by atoms with Crippen LogP contribution in [0.3, 0.4) is 0 Å². The molecule has 4 rings (SSSR count). The number of amides is 1. The lowest BCUT2D eigenvalue weighted by atomic mass is 9.72. The minimum absolute atomic E-state index is 0.380. The van der Waals surface area contributed by atoms with Gasteiger partial charge in [-0.15, -0.1) is 0 Å². The number of hydrogen-bond donors (Lipinski definition) is 0. The van der Waals surface area contributed by atoms with Crippen molar-refractivity contribution in [2.24, 2.45) is 11.3 Å². The monoisotopic (exact) mass is 372 g/mol. The summed E-state index contributed by atoms with van der Waals surface area (Å²) in [7, 11) is 0. The van der Waals surface area contributed by atoms with E-state index in [1.807, 2.05) is 12.5 Å². The molecule has 0 aromatic carbocycles. The molecule has 27 heavy (non-hydrogen) atoms. The predicted molar refractivity (Wildman–Crippen MR) is 107 cm³/mol. The molecular formula is C22H36N4O. The SMILES string of the molecule is CC(C)Cn1cncc1CN1CCC2(CCC(=O)N(C3CCCC3)C2)CC1. The Kier molecular flexibility index (Phi) is 5.58. The third kappa shape index (κ3) is 4.23. The summed E-state index contributed by atoms with van der Waals surface area (Å²) >= 11 is 0. The first-order valence-corrected chi connectivity index (χ1v) is 11.1. The zero-order valence-corrected chi connectivity index (χ0v) is 17.2. The van der Waals surface area contributed by atoms with E-state index in [1.54, 1.807) is 0 Å². The van der Waals surface area contributed by atoms with Crippen LogP contribution in [-0.4, -0.2) is 50.9 Å². The minimum atomic E-state index is 0.380. The lowest BCUT2D eigenvalue weighted by Crippen LogP contribution is -2.53. The third-order valence-electron chi connectivity index (χ3n) is 7.12. The predicted octanol–water partition coefficient (Wildman–Crippen LogP) is 3.69. The zero-order chi connectivity index (χ0) is 18.9. The van der Waals surface area contributed by atoms with Crippen LogP contribution in [-0.2, 0) is 17.9 Å². The highest BCUT2D eigenvalue weighted by Crippen LogP contribution is 2.42. The number of imidazole rings is 1. The number of aromatic nitrogens is 2. The fourth-order valence-corrected chi connectivity index (χ4v) is 5.45. The van der Waals surface area contributed by atoms with Crippen LogP contribution >= 0.6 is 0 Å². The largest absolute Gasteiger partial charge is 0.339 e. The van der Waals surface area contributed by atoms with E-state index in [2.05, 4.69) is 33.2 Å². The fraction of sp³-hybridized carbons (Fsp3) is 0.818. The number of carbonyl (C=O) groups is 1. The molecule has 1 aliphatic carbocycles. The van der Waals surface area contributed by atoms with Crippen molar-refractivity contribution in [1.82, 2.24) is 19.4 Å². The smallest absolute Gasteiger partial charge is 0.222 e. The number of likely N-dealkylation sites (tertiary alicyclic amines) is 2. The fourth-order valence-electron chi connectivity index (χ4n) is 5.45. The van der Waals surface area contributed by atoms with Gasteiger partial charge in [0.25, 0.3) is 0 Å². The van der Waals surface area contributed by atoms with E-state index >= 15 is 0 Å². The maximum atomic E-state index is 12.5. The van der Waals surface area contributed by atoms with Gasteiger partial charge < -0.3 is 9.47 Å². The molecule has 2 aliphatic heterocycles. The maximum Gasteiger partial charge on any atom is 0.222 e. The van der Waals surface area contributed by atoms with E-state index in [9.17, 15) is 4.79 Å². The second-order valence-electron chi connectivity index (χ2n) is 9.67. The van der Waals surface area contributed by atoms with Crippen LogP contribution < -0.4 is 0 Å². The van der Waals surface area contributed by atoms with Gasteiger partial charge in [-0.05, 0) is 56.5 Å². The molecule has 5 heteroatoms.